The molecule has 3 aromatic carbocycles. The van der Waals surface area contributed by atoms with Gasteiger partial charge in [0.05, 0.1) is 17.5 Å². The predicted octanol–water partition coefficient (Wildman–Crippen LogP) is 5.92. The van der Waals surface area contributed by atoms with Crippen molar-refractivity contribution in [2.45, 2.75) is 0 Å². The Hall–Kier alpha value is -4.45. The van der Waals surface area contributed by atoms with Gasteiger partial charge >= 0.3 is 0 Å². The smallest absolute Gasteiger partial charge is 0.260 e. The molecule has 0 unspecified atom stereocenters. The molecule has 5 aromatic rings. The van der Waals surface area contributed by atoms with Crippen LogP contribution in [0.4, 0.5) is 5.69 Å². The monoisotopic (exact) mass is 407 g/mol. The fraction of sp³-hybridized carbons (Fsp3) is 0. The molecule has 0 saturated heterocycles. The van der Waals surface area contributed by atoms with Crippen molar-refractivity contribution < 1.29 is 13.7 Å². The number of benzene rings is 3. The molecule has 0 spiro atoms. The Labute approximate surface area is 178 Å². The van der Waals surface area contributed by atoms with Crippen LogP contribution in [-0.4, -0.2) is 16.0 Å². The van der Waals surface area contributed by atoms with E-state index in [1.807, 2.05) is 72.8 Å². The molecule has 2 aromatic heterocycles. The Morgan fingerprint density at radius 3 is 2.29 bits per heavy atom. The molecule has 1 N–H and O–H groups in total. The number of furan rings is 1. The van der Waals surface area contributed by atoms with Crippen LogP contribution in [0.25, 0.3) is 34.2 Å². The highest BCUT2D eigenvalue weighted by Crippen LogP contribution is 2.29. The first-order chi connectivity index (χ1) is 15.3. The Morgan fingerprint density at radius 2 is 1.52 bits per heavy atom. The van der Waals surface area contributed by atoms with E-state index in [0.29, 0.717) is 34.3 Å². The molecule has 5 rings (SSSR count). The fourth-order valence-electron chi connectivity index (χ4n) is 3.26. The standard InChI is InChI=1S/C25H17N3O3/c29-24(19-14-12-18(13-15-19)17-7-2-1-3-8-17)26-21-10-5-4-9-20(21)25-27-23(28-31-25)22-11-6-16-30-22/h1-16H,(H,26,29). The lowest BCUT2D eigenvalue weighted by atomic mass is 10.0. The summed E-state index contributed by atoms with van der Waals surface area (Å²) in [4.78, 5) is 17.2. The number of nitrogens with zero attached hydrogens (tertiary/aromatic N) is 2. The van der Waals surface area contributed by atoms with Crippen molar-refractivity contribution in [2.75, 3.05) is 5.32 Å². The van der Waals surface area contributed by atoms with Crippen LogP contribution in [0, 0.1) is 0 Å². The largest absolute Gasteiger partial charge is 0.461 e. The summed E-state index contributed by atoms with van der Waals surface area (Å²) in [7, 11) is 0. The molecular weight excluding hydrogens is 390 g/mol. The minimum absolute atomic E-state index is 0.224. The number of rotatable bonds is 5. The average molecular weight is 407 g/mol. The van der Waals surface area contributed by atoms with E-state index in [0.717, 1.165) is 11.1 Å². The Kier molecular flexibility index (Phi) is 4.86. The Morgan fingerprint density at radius 1 is 0.774 bits per heavy atom. The summed E-state index contributed by atoms with van der Waals surface area (Å²) in [5, 5.41) is 6.90. The van der Waals surface area contributed by atoms with Gasteiger partial charge in [-0.25, -0.2) is 0 Å². The number of aromatic nitrogens is 2. The van der Waals surface area contributed by atoms with E-state index in [4.69, 9.17) is 8.94 Å². The van der Waals surface area contributed by atoms with Crippen molar-refractivity contribution in [3.05, 3.63) is 103 Å². The molecule has 1 amide bonds. The maximum absolute atomic E-state index is 12.8. The summed E-state index contributed by atoms with van der Waals surface area (Å²) in [5.41, 5.74) is 3.91. The number of amides is 1. The van der Waals surface area contributed by atoms with Crippen LogP contribution in [-0.2, 0) is 0 Å². The zero-order valence-corrected chi connectivity index (χ0v) is 16.4. The summed E-state index contributed by atoms with van der Waals surface area (Å²) in [6, 6.07) is 28.3. The van der Waals surface area contributed by atoms with Gasteiger partial charge in [0.2, 0.25) is 5.82 Å². The lowest BCUT2D eigenvalue weighted by Gasteiger charge is -2.09. The van der Waals surface area contributed by atoms with E-state index in [-0.39, 0.29) is 5.91 Å². The third kappa shape index (κ3) is 3.86. The van der Waals surface area contributed by atoms with Gasteiger partial charge in [0.15, 0.2) is 5.76 Å². The zero-order valence-electron chi connectivity index (χ0n) is 16.4. The molecule has 0 aliphatic rings. The number of nitrogens with one attached hydrogen (secondary N) is 1. The molecule has 0 saturated carbocycles. The number of carbonyl (C=O) groups is 1. The summed E-state index contributed by atoms with van der Waals surface area (Å²) in [6.45, 7) is 0. The molecule has 0 radical (unpaired) electrons. The van der Waals surface area contributed by atoms with Crippen molar-refractivity contribution in [3.8, 4) is 34.2 Å². The molecule has 0 fully saturated rings. The molecule has 6 nitrogen and oxygen atoms in total. The van der Waals surface area contributed by atoms with Crippen LogP contribution in [0.1, 0.15) is 10.4 Å². The topological polar surface area (TPSA) is 81.2 Å². The second-order valence-electron chi connectivity index (χ2n) is 6.84. The number of carbonyl (C=O) groups excluding carboxylic acids is 1. The van der Waals surface area contributed by atoms with Gasteiger partial charge in [0.1, 0.15) is 0 Å². The number of anilines is 1. The third-order valence-electron chi connectivity index (χ3n) is 4.83. The summed E-state index contributed by atoms with van der Waals surface area (Å²) < 4.78 is 10.7. The van der Waals surface area contributed by atoms with Crippen molar-refractivity contribution >= 4 is 11.6 Å². The van der Waals surface area contributed by atoms with Gasteiger partial charge in [-0.1, -0.05) is 59.8 Å². The first-order valence-electron chi connectivity index (χ1n) is 9.72. The molecule has 0 atom stereocenters. The van der Waals surface area contributed by atoms with E-state index in [9.17, 15) is 4.79 Å². The number of hydrogen-bond acceptors (Lipinski definition) is 5. The maximum atomic E-state index is 12.8. The minimum atomic E-state index is -0.224. The normalized spacial score (nSPS) is 10.7. The molecule has 0 bridgehead atoms. The third-order valence-corrected chi connectivity index (χ3v) is 4.83. The lowest BCUT2D eigenvalue weighted by Crippen LogP contribution is -2.12. The van der Waals surface area contributed by atoms with E-state index in [1.54, 1.807) is 24.5 Å². The Bertz CT molecular complexity index is 1310. The van der Waals surface area contributed by atoms with Crippen molar-refractivity contribution in [1.82, 2.24) is 10.1 Å². The highest BCUT2D eigenvalue weighted by Gasteiger charge is 2.17. The second kappa shape index (κ2) is 8.12. The zero-order chi connectivity index (χ0) is 21.0. The van der Waals surface area contributed by atoms with Gasteiger partial charge < -0.3 is 14.3 Å². The van der Waals surface area contributed by atoms with Crippen LogP contribution in [0.15, 0.2) is 106 Å². The second-order valence-corrected chi connectivity index (χ2v) is 6.84. The van der Waals surface area contributed by atoms with Gasteiger partial charge in [-0.2, -0.15) is 4.98 Å². The fourth-order valence-corrected chi connectivity index (χ4v) is 3.26. The molecular formula is C25H17N3O3. The summed E-state index contributed by atoms with van der Waals surface area (Å²) in [6.07, 6.45) is 1.54. The van der Waals surface area contributed by atoms with Gasteiger partial charge in [0.25, 0.3) is 11.8 Å². The van der Waals surface area contributed by atoms with Gasteiger partial charge in [-0.15, -0.1) is 0 Å². The highest BCUT2D eigenvalue weighted by molar-refractivity contribution is 6.06. The highest BCUT2D eigenvalue weighted by atomic mass is 16.5. The number of para-hydroxylation sites is 1. The van der Waals surface area contributed by atoms with E-state index in [2.05, 4.69) is 15.5 Å². The van der Waals surface area contributed by atoms with Crippen LogP contribution in [0.3, 0.4) is 0 Å². The average Bonchev–Trinajstić information content (AvgIpc) is 3.52. The van der Waals surface area contributed by atoms with E-state index < -0.39 is 0 Å². The molecule has 2 heterocycles. The lowest BCUT2D eigenvalue weighted by molar-refractivity contribution is 0.102. The first-order valence-corrected chi connectivity index (χ1v) is 9.72. The van der Waals surface area contributed by atoms with Gasteiger partial charge in [-0.05, 0) is 47.5 Å². The first kappa shape index (κ1) is 18.6. The van der Waals surface area contributed by atoms with Crippen molar-refractivity contribution in [3.63, 3.8) is 0 Å². The van der Waals surface area contributed by atoms with Gasteiger partial charge in [0, 0.05) is 5.56 Å². The minimum Gasteiger partial charge on any atom is -0.461 e. The SMILES string of the molecule is O=C(Nc1ccccc1-c1nc(-c2ccco2)no1)c1ccc(-c2ccccc2)cc1. The molecule has 0 aliphatic carbocycles. The van der Waals surface area contributed by atoms with Crippen LogP contribution in [0.2, 0.25) is 0 Å². The Balaban J connectivity index is 1.38. The van der Waals surface area contributed by atoms with E-state index in [1.165, 1.54) is 0 Å². The van der Waals surface area contributed by atoms with Crippen LogP contribution in [0.5, 0.6) is 0 Å². The quantitative estimate of drug-likeness (QED) is 0.391. The van der Waals surface area contributed by atoms with Crippen LogP contribution < -0.4 is 5.32 Å². The van der Waals surface area contributed by atoms with Gasteiger partial charge in [-0.3, -0.25) is 4.79 Å². The van der Waals surface area contributed by atoms with Crippen LogP contribution >= 0.6 is 0 Å². The summed E-state index contributed by atoms with van der Waals surface area (Å²) in [5.74, 6) is 0.923. The van der Waals surface area contributed by atoms with Crippen molar-refractivity contribution in [2.24, 2.45) is 0 Å². The molecule has 150 valence electrons. The molecule has 31 heavy (non-hydrogen) atoms. The summed E-state index contributed by atoms with van der Waals surface area (Å²) >= 11 is 0. The number of hydrogen-bond donors (Lipinski definition) is 1. The predicted molar refractivity (Wildman–Crippen MR) is 117 cm³/mol. The van der Waals surface area contributed by atoms with E-state index >= 15 is 0 Å². The molecule has 6 heteroatoms. The van der Waals surface area contributed by atoms with Crippen molar-refractivity contribution in [1.29, 1.82) is 0 Å². The molecule has 0 aliphatic heterocycles. The maximum Gasteiger partial charge on any atom is 0.260 e.